The first-order valence-electron chi connectivity index (χ1n) is 6.77. The molecule has 10 heteroatoms. The summed E-state index contributed by atoms with van der Waals surface area (Å²) in [6, 6.07) is 7.09. The van der Waals surface area contributed by atoms with Gasteiger partial charge in [0.15, 0.2) is 11.5 Å². The van der Waals surface area contributed by atoms with Crippen molar-refractivity contribution in [2.24, 2.45) is 0 Å². The molecule has 0 spiro atoms. The van der Waals surface area contributed by atoms with Crippen molar-refractivity contribution in [2.75, 3.05) is 17.9 Å². The van der Waals surface area contributed by atoms with E-state index in [-0.39, 0.29) is 22.0 Å². The van der Waals surface area contributed by atoms with Crippen molar-refractivity contribution in [1.82, 2.24) is 0 Å². The van der Waals surface area contributed by atoms with Gasteiger partial charge in [-0.05, 0) is 18.2 Å². The molecule has 0 amide bonds. The summed E-state index contributed by atoms with van der Waals surface area (Å²) < 4.78 is 37.6. The highest BCUT2D eigenvalue weighted by atomic mass is 32.2. The van der Waals surface area contributed by atoms with Gasteiger partial charge < -0.3 is 14.6 Å². The molecule has 2 N–H and O–H groups in total. The van der Waals surface area contributed by atoms with Gasteiger partial charge in [-0.25, -0.2) is 8.42 Å². The van der Waals surface area contributed by atoms with Gasteiger partial charge in [0.1, 0.15) is 19.0 Å². The number of nitrogens with one attached hydrogen (secondary N) is 1. The van der Waals surface area contributed by atoms with Crippen molar-refractivity contribution in [2.45, 2.75) is 4.90 Å². The average Bonchev–Trinajstić information content (AvgIpc) is 2.56. The van der Waals surface area contributed by atoms with Crippen LogP contribution in [-0.4, -0.2) is 31.7 Å². The van der Waals surface area contributed by atoms with Gasteiger partial charge in [-0.15, -0.1) is 0 Å². The molecule has 0 aromatic heterocycles. The van der Waals surface area contributed by atoms with Crippen LogP contribution in [0.2, 0.25) is 0 Å². The minimum Gasteiger partial charge on any atom is -0.506 e. The fraction of sp³-hybridized carbons (Fsp3) is 0.143. The van der Waals surface area contributed by atoms with Gasteiger partial charge in [0, 0.05) is 18.2 Å². The Kier molecular flexibility index (Phi) is 3.89. The molecule has 9 nitrogen and oxygen atoms in total. The fourth-order valence-electron chi connectivity index (χ4n) is 2.11. The molecule has 1 aliphatic heterocycles. The van der Waals surface area contributed by atoms with Gasteiger partial charge in [-0.2, -0.15) is 0 Å². The number of aromatic hydroxyl groups is 1. The van der Waals surface area contributed by atoms with Gasteiger partial charge in [-0.3, -0.25) is 14.8 Å². The predicted octanol–water partition coefficient (Wildman–Crippen LogP) is 1.87. The summed E-state index contributed by atoms with van der Waals surface area (Å²) in [5, 5.41) is 20.5. The Morgan fingerprint density at radius 3 is 2.50 bits per heavy atom. The van der Waals surface area contributed by atoms with Gasteiger partial charge >= 0.3 is 0 Å². The maximum atomic E-state index is 12.4. The lowest BCUT2D eigenvalue weighted by molar-refractivity contribution is -0.384. The molecule has 1 aliphatic rings. The number of non-ortho nitro benzene ring substituents is 1. The fourth-order valence-corrected chi connectivity index (χ4v) is 3.19. The highest BCUT2D eigenvalue weighted by Crippen LogP contribution is 2.34. The third kappa shape index (κ3) is 3.04. The number of nitro benzene ring substituents is 1. The van der Waals surface area contributed by atoms with Crippen molar-refractivity contribution >= 4 is 21.4 Å². The molecule has 1 heterocycles. The molecule has 2 aromatic carbocycles. The zero-order chi connectivity index (χ0) is 17.3. The highest BCUT2D eigenvalue weighted by Gasteiger charge is 2.21. The van der Waals surface area contributed by atoms with Crippen LogP contribution in [0, 0.1) is 10.1 Å². The molecular weight excluding hydrogens is 340 g/mol. The number of fused-ring (bicyclic) bond motifs is 1. The first kappa shape index (κ1) is 15.9. The average molecular weight is 352 g/mol. The molecule has 3 rings (SSSR count). The van der Waals surface area contributed by atoms with Crippen LogP contribution in [0.25, 0.3) is 0 Å². The normalized spacial score (nSPS) is 13.3. The summed E-state index contributed by atoms with van der Waals surface area (Å²) in [6.07, 6.45) is 0. The number of nitrogens with zero attached hydrogens (tertiary/aromatic N) is 1. The molecule has 0 aliphatic carbocycles. The minimum atomic E-state index is -4.08. The second kappa shape index (κ2) is 5.89. The van der Waals surface area contributed by atoms with Crippen LogP contribution in [0.4, 0.5) is 11.4 Å². The van der Waals surface area contributed by atoms with E-state index in [1.54, 1.807) is 0 Å². The second-order valence-electron chi connectivity index (χ2n) is 4.87. The van der Waals surface area contributed by atoms with E-state index in [9.17, 15) is 23.6 Å². The summed E-state index contributed by atoms with van der Waals surface area (Å²) in [7, 11) is -4.08. The van der Waals surface area contributed by atoms with Crippen LogP contribution in [0.15, 0.2) is 41.3 Å². The number of anilines is 1. The summed E-state index contributed by atoms with van der Waals surface area (Å²) in [5.41, 5.74) is -0.647. The molecule has 0 bridgehead atoms. The van der Waals surface area contributed by atoms with E-state index in [0.717, 1.165) is 18.2 Å². The number of phenols is 1. The number of hydrogen-bond donors (Lipinski definition) is 2. The van der Waals surface area contributed by atoms with E-state index in [1.165, 1.54) is 18.2 Å². The first-order chi connectivity index (χ1) is 11.4. The molecule has 0 unspecified atom stereocenters. The van der Waals surface area contributed by atoms with Crippen LogP contribution in [0.5, 0.6) is 17.2 Å². The summed E-state index contributed by atoms with van der Waals surface area (Å²) in [6.45, 7) is 0.675. The molecular formula is C14H12N2O7S. The monoisotopic (exact) mass is 352 g/mol. The first-order valence-corrected chi connectivity index (χ1v) is 8.25. The standard InChI is InChI=1S/C14H12N2O7S/c17-12-3-1-9(16(18)19)7-11(12)15-24(20,21)10-2-4-13-14(8-10)23-6-5-22-13/h1-4,7-8,15,17H,5-6H2. The Morgan fingerprint density at radius 1 is 1.08 bits per heavy atom. The van der Waals surface area contributed by atoms with E-state index >= 15 is 0 Å². The van der Waals surface area contributed by atoms with Crippen molar-refractivity contribution in [3.63, 3.8) is 0 Å². The predicted molar refractivity (Wildman–Crippen MR) is 83.0 cm³/mol. The molecule has 0 saturated carbocycles. The van der Waals surface area contributed by atoms with E-state index in [4.69, 9.17) is 9.47 Å². The molecule has 0 atom stereocenters. The topological polar surface area (TPSA) is 128 Å². The zero-order valence-electron chi connectivity index (χ0n) is 12.1. The van der Waals surface area contributed by atoms with Crippen LogP contribution >= 0.6 is 0 Å². The number of hydrogen-bond acceptors (Lipinski definition) is 7. The Balaban J connectivity index is 1.94. The summed E-state index contributed by atoms with van der Waals surface area (Å²) in [4.78, 5) is 9.96. The van der Waals surface area contributed by atoms with Crippen LogP contribution in [-0.2, 0) is 10.0 Å². The lowest BCUT2D eigenvalue weighted by Crippen LogP contribution is -2.17. The number of sulfonamides is 1. The minimum absolute atomic E-state index is 0.127. The molecule has 2 aromatic rings. The Bertz CT molecular complexity index is 911. The van der Waals surface area contributed by atoms with Crippen LogP contribution < -0.4 is 14.2 Å². The maximum Gasteiger partial charge on any atom is 0.271 e. The van der Waals surface area contributed by atoms with E-state index in [1.807, 2.05) is 0 Å². The lowest BCUT2D eigenvalue weighted by Gasteiger charge is -2.19. The van der Waals surface area contributed by atoms with Crippen molar-refractivity contribution in [1.29, 1.82) is 0 Å². The SMILES string of the molecule is O=[N+]([O-])c1ccc(O)c(NS(=O)(=O)c2ccc3c(c2)OCCO3)c1. The smallest absolute Gasteiger partial charge is 0.271 e. The van der Waals surface area contributed by atoms with Crippen LogP contribution in [0.1, 0.15) is 0 Å². The van der Waals surface area contributed by atoms with E-state index < -0.39 is 20.7 Å². The summed E-state index contributed by atoms with van der Waals surface area (Å²) >= 11 is 0. The van der Waals surface area contributed by atoms with Gasteiger partial charge in [0.25, 0.3) is 15.7 Å². The van der Waals surface area contributed by atoms with E-state index in [2.05, 4.69) is 4.72 Å². The molecule has 0 saturated heterocycles. The molecule has 24 heavy (non-hydrogen) atoms. The summed E-state index contributed by atoms with van der Waals surface area (Å²) in [5.74, 6) is 0.285. The van der Waals surface area contributed by atoms with Crippen molar-refractivity contribution in [3.8, 4) is 17.2 Å². The zero-order valence-corrected chi connectivity index (χ0v) is 12.9. The molecule has 126 valence electrons. The molecule has 0 fully saturated rings. The number of benzene rings is 2. The third-order valence-electron chi connectivity index (χ3n) is 3.26. The third-order valence-corrected chi connectivity index (χ3v) is 4.62. The largest absolute Gasteiger partial charge is 0.506 e. The Morgan fingerprint density at radius 2 is 1.79 bits per heavy atom. The number of phenolic OH excluding ortho intramolecular Hbond substituents is 1. The van der Waals surface area contributed by atoms with Crippen molar-refractivity contribution in [3.05, 3.63) is 46.5 Å². The van der Waals surface area contributed by atoms with Crippen molar-refractivity contribution < 1.29 is 27.9 Å². The lowest BCUT2D eigenvalue weighted by atomic mass is 10.2. The Labute approximate surface area is 136 Å². The second-order valence-corrected chi connectivity index (χ2v) is 6.55. The van der Waals surface area contributed by atoms with Gasteiger partial charge in [0.2, 0.25) is 0 Å². The quantitative estimate of drug-likeness (QED) is 0.488. The molecule has 0 radical (unpaired) electrons. The van der Waals surface area contributed by atoms with Gasteiger partial charge in [-0.1, -0.05) is 0 Å². The Hall–Kier alpha value is -3.01. The maximum absolute atomic E-state index is 12.4. The van der Waals surface area contributed by atoms with Crippen LogP contribution in [0.3, 0.4) is 0 Å². The van der Waals surface area contributed by atoms with E-state index in [0.29, 0.717) is 19.0 Å². The highest BCUT2D eigenvalue weighted by molar-refractivity contribution is 7.92. The number of ether oxygens (including phenoxy) is 2. The number of rotatable bonds is 4. The van der Waals surface area contributed by atoms with Gasteiger partial charge in [0.05, 0.1) is 15.5 Å². The number of nitro groups is 1.